The van der Waals surface area contributed by atoms with Crippen molar-refractivity contribution in [3.8, 4) is 0 Å². The van der Waals surface area contributed by atoms with Crippen molar-refractivity contribution in [3.63, 3.8) is 0 Å². The quantitative estimate of drug-likeness (QED) is 0.730. The van der Waals surface area contributed by atoms with Gasteiger partial charge in [-0.1, -0.05) is 32.0 Å². The van der Waals surface area contributed by atoms with Crippen LogP contribution in [0.5, 0.6) is 0 Å². The van der Waals surface area contributed by atoms with Gasteiger partial charge < -0.3 is 15.0 Å². The first-order chi connectivity index (χ1) is 13.6. The van der Waals surface area contributed by atoms with E-state index in [1.807, 2.05) is 11.8 Å². The fourth-order valence-corrected chi connectivity index (χ4v) is 5.27. The molecule has 1 saturated heterocycles. The minimum absolute atomic E-state index is 0.362. The van der Waals surface area contributed by atoms with E-state index in [1.165, 1.54) is 34.8 Å². The fourth-order valence-electron chi connectivity index (χ4n) is 3.99. The van der Waals surface area contributed by atoms with Crippen molar-refractivity contribution in [2.24, 2.45) is 7.05 Å². The Morgan fingerprint density at radius 2 is 1.89 bits per heavy atom. The standard InChI is InChI=1S/C22H32N4OS/c1-17(2)20-19(21(25(3)24-20)26-11-13-27-14-12-26)15-23-16-22(9-10-22)28-18-7-5-4-6-8-18/h4-8,17,23H,9-16H2,1-3H3. The number of aromatic nitrogens is 2. The van der Waals surface area contributed by atoms with E-state index < -0.39 is 0 Å². The van der Waals surface area contributed by atoms with Crippen LogP contribution in [0.2, 0.25) is 0 Å². The van der Waals surface area contributed by atoms with Crippen molar-refractivity contribution < 1.29 is 4.74 Å². The molecule has 4 rings (SSSR count). The van der Waals surface area contributed by atoms with Crippen LogP contribution in [0.15, 0.2) is 35.2 Å². The van der Waals surface area contributed by atoms with Crippen LogP contribution in [0, 0.1) is 0 Å². The summed E-state index contributed by atoms with van der Waals surface area (Å²) in [5.41, 5.74) is 2.58. The smallest absolute Gasteiger partial charge is 0.131 e. The summed E-state index contributed by atoms with van der Waals surface area (Å²) in [6.45, 7) is 9.88. The van der Waals surface area contributed by atoms with E-state index in [0.717, 1.165) is 39.4 Å². The zero-order valence-electron chi connectivity index (χ0n) is 17.3. The highest BCUT2D eigenvalue weighted by Gasteiger charge is 2.43. The molecule has 0 atom stereocenters. The number of nitrogens with zero attached hydrogens (tertiary/aromatic N) is 3. The maximum absolute atomic E-state index is 5.56. The van der Waals surface area contributed by atoms with Gasteiger partial charge >= 0.3 is 0 Å². The van der Waals surface area contributed by atoms with Crippen molar-refractivity contribution in [3.05, 3.63) is 41.6 Å². The molecule has 1 N–H and O–H groups in total. The van der Waals surface area contributed by atoms with Crippen LogP contribution in [0.3, 0.4) is 0 Å². The second-order valence-corrected chi connectivity index (χ2v) is 9.81. The lowest BCUT2D eigenvalue weighted by Gasteiger charge is -2.30. The van der Waals surface area contributed by atoms with Gasteiger partial charge in [-0.05, 0) is 30.9 Å². The Balaban J connectivity index is 1.45. The molecule has 28 heavy (non-hydrogen) atoms. The first-order valence-electron chi connectivity index (χ1n) is 10.4. The van der Waals surface area contributed by atoms with Gasteiger partial charge in [0.25, 0.3) is 0 Å². The molecule has 0 spiro atoms. The third-order valence-electron chi connectivity index (χ3n) is 5.64. The number of ether oxygens (including phenoxy) is 1. The Morgan fingerprint density at radius 1 is 1.18 bits per heavy atom. The van der Waals surface area contributed by atoms with E-state index >= 15 is 0 Å². The van der Waals surface area contributed by atoms with Gasteiger partial charge in [0.2, 0.25) is 0 Å². The molecule has 0 unspecified atom stereocenters. The van der Waals surface area contributed by atoms with Crippen LogP contribution >= 0.6 is 11.8 Å². The van der Waals surface area contributed by atoms with Crippen molar-refractivity contribution >= 4 is 17.6 Å². The molecule has 2 heterocycles. The monoisotopic (exact) mass is 400 g/mol. The highest BCUT2D eigenvalue weighted by molar-refractivity contribution is 8.01. The summed E-state index contributed by atoms with van der Waals surface area (Å²) in [7, 11) is 2.08. The highest BCUT2D eigenvalue weighted by Crippen LogP contribution is 2.51. The summed E-state index contributed by atoms with van der Waals surface area (Å²) in [6.07, 6.45) is 2.58. The van der Waals surface area contributed by atoms with Crippen LogP contribution in [0.1, 0.15) is 43.9 Å². The number of benzene rings is 1. The SMILES string of the molecule is CC(C)c1nn(C)c(N2CCOCC2)c1CNCC1(Sc2ccccc2)CC1. The summed E-state index contributed by atoms with van der Waals surface area (Å²) >= 11 is 2.03. The van der Waals surface area contributed by atoms with E-state index in [1.54, 1.807) is 0 Å². The lowest BCUT2D eigenvalue weighted by molar-refractivity contribution is 0.122. The van der Waals surface area contributed by atoms with Gasteiger partial charge in [0.05, 0.1) is 18.9 Å². The van der Waals surface area contributed by atoms with Gasteiger partial charge in [0.15, 0.2) is 0 Å². The zero-order valence-corrected chi connectivity index (χ0v) is 18.1. The number of hydrogen-bond donors (Lipinski definition) is 1. The predicted molar refractivity (Wildman–Crippen MR) is 116 cm³/mol. The maximum atomic E-state index is 5.56. The Labute approximate surface area is 172 Å². The topological polar surface area (TPSA) is 42.3 Å². The molecule has 1 aliphatic carbocycles. The number of rotatable bonds is 8. The molecule has 2 aliphatic rings. The zero-order chi connectivity index (χ0) is 19.6. The second-order valence-electron chi connectivity index (χ2n) is 8.27. The largest absolute Gasteiger partial charge is 0.378 e. The first kappa shape index (κ1) is 19.8. The normalized spacial score (nSPS) is 18.6. The molecular weight excluding hydrogens is 368 g/mol. The average molecular weight is 401 g/mol. The number of aryl methyl sites for hydroxylation is 1. The van der Waals surface area contributed by atoms with Crippen LogP contribution < -0.4 is 10.2 Å². The third kappa shape index (κ3) is 4.39. The molecule has 6 heteroatoms. The first-order valence-corrected chi connectivity index (χ1v) is 11.2. The minimum Gasteiger partial charge on any atom is -0.378 e. The lowest BCUT2D eigenvalue weighted by atomic mass is 10.0. The Hall–Kier alpha value is -1.50. The van der Waals surface area contributed by atoms with Gasteiger partial charge in [0, 0.05) is 48.4 Å². The minimum atomic E-state index is 0.362. The summed E-state index contributed by atoms with van der Waals surface area (Å²) in [5.74, 6) is 1.69. The van der Waals surface area contributed by atoms with Gasteiger partial charge in [-0.2, -0.15) is 5.10 Å². The molecular formula is C22H32N4OS. The Kier molecular flexibility index (Phi) is 5.99. The van der Waals surface area contributed by atoms with E-state index in [2.05, 4.69) is 66.1 Å². The van der Waals surface area contributed by atoms with E-state index in [4.69, 9.17) is 9.84 Å². The van der Waals surface area contributed by atoms with Crippen LogP contribution in [0.4, 0.5) is 5.82 Å². The molecule has 1 aliphatic heterocycles. The summed E-state index contributed by atoms with van der Waals surface area (Å²) in [5, 5.41) is 8.65. The number of anilines is 1. The molecule has 1 aromatic heterocycles. The molecule has 1 saturated carbocycles. The molecule has 5 nitrogen and oxygen atoms in total. The molecule has 2 fully saturated rings. The van der Waals surface area contributed by atoms with Gasteiger partial charge in [-0.3, -0.25) is 4.68 Å². The van der Waals surface area contributed by atoms with Crippen molar-refractivity contribution in [2.75, 3.05) is 37.7 Å². The van der Waals surface area contributed by atoms with Crippen LogP contribution in [-0.2, 0) is 18.3 Å². The molecule has 1 aromatic carbocycles. The Morgan fingerprint density at radius 3 is 2.54 bits per heavy atom. The fraction of sp³-hybridized carbons (Fsp3) is 0.591. The van der Waals surface area contributed by atoms with Gasteiger partial charge in [-0.25, -0.2) is 0 Å². The number of nitrogens with one attached hydrogen (secondary N) is 1. The Bertz CT molecular complexity index is 779. The molecule has 0 amide bonds. The van der Waals surface area contributed by atoms with E-state index in [-0.39, 0.29) is 0 Å². The number of thioether (sulfide) groups is 1. The van der Waals surface area contributed by atoms with Crippen LogP contribution in [0.25, 0.3) is 0 Å². The summed E-state index contributed by atoms with van der Waals surface area (Å²) < 4.78 is 7.99. The van der Waals surface area contributed by atoms with E-state index in [0.29, 0.717) is 10.7 Å². The molecule has 0 radical (unpaired) electrons. The number of morpholine rings is 1. The van der Waals surface area contributed by atoms with Crippen molar-refractivity contribution in [2.45, 2.75) is 48.8 Å². The maximum Gasteiger partial charge on any atom is 0.131 e. The molecule has 2 aromatic rings. The highest BCUT2D eigenvalue weighted by atomic mass is 32.2. The number of hydrogen-bond acceptors (Lipinski definition) is 5. The van der Waals surface area contributed by atoms with Crippen LogP contribution in [-0.4, -0.2) is 47.4 Å². The third-order valence-corrected chi connectivity index (χ3v) is 7.13. The van der Waals surface area contributed by atoms with Gasteiger partial charge in [0.1, 0.15) is 5.82 Å². The average Bonchev–Trinajstić information content (AvgIpc) is 3.37. The predicted octanol–water partition coefficient (Wildman–Crippen LogP) is 3.79. The molecule has 0 bridgehead atoms. The summed E-state index contributed by atoms with van der Waals surface area (Å²) in [4.78, 5) is 3.81. The van der Waals surface area contributed by atoms with Gasteiger partial charge in [-0.15, -0.1) is 11.8 Å². The summed E-state index contributed by atoms with van der Waals surface area (Å²) in [6, 6.07) is 10.8. The second kappa shape index (κ2) is 8.47. The molecule has 152 valence electrons. The van der Waals surface area contributed by atoms with Crippen molar-refractivity contribution in [1.82, 2.24) is 15.1 Å². The van der Waals surface area contributed by atoms with E-state index in [9.17, 15) is 0 Å². The lowest BCUT2D eigenvalue weighted by Crippen LogP contribution is -2.38. The van der Waals surface area contributed by atoms with Crippen molar-refractivity contribution in [1.29, 1.82) is 0 Å².